The van der Waals surface area contributed by atoms with Crippen molar-refractivity contribution in [1.29, 1.82) is 5.26 Å². The number of halogens is 3. The van der Waals surface area contributed by atoms with Crippen molar-refractivity contribution in [2.45, 2.75) is 13.8 Å². The van der Waals surface area contributed by atoms with Crippen LogP contribution in [0.1, 0.15) is 18.1 Å². The third-order valence-corrected chi connectivity index (χ3v) is 3.95. The van der Waals surface area contributed by atoms with Gasteiger partial charge in [-0.25, -0.2) is 4.68 Å². The number of nitrogens with one attached hydrogen (secondary N) is 1. The molecular weight excluding hydrogens is 335 g/mol. The van der Waals surface area contributed by atoms with Crippen molar-refractivity contribution in [3.05, 3.63) is 38.5 Å². The fraction of sp³-hybridized carbons (Fsp3) is 0.154. The number of hydrogen-bond donors (Lipinski definition) is 1. The molecule has 8 heteroatoms. The summed E-state index contributed by atoms with van der Waals surface area (Å²) in [5.41, 5.74) is 1.21. The molecule has 1 aromatic carbocycles. The first-order valence-electron chi connectivity index (χ1n) is 5.77. The van der Waals surface area contributed by atoms with E-state index in [-0.39, 0.29) is 22.3 Å². The predicted molar refractivity (Wildman–Crippen MR) is 82.3 cm³/mol. The highest BCUT2D eigenvalue weighted by Crippen LogP contribution is 2.38. The second kappa shape index (κ2) is 5.94. The van der Waals surface area contributed by atoms with Gasteiger partial charge in [0.2, 0.25) is 5.91 Å². The maximum Gasteiger partial charge on any atom is 0.222 e. The molecule has 1 heterocycles. The first-order valence-corrected chi connectivity index (χ1v) is 6.90. The fourth-order valence-corrected chi connectivity index (χ4v) is 2.65. The largest absolute Gasteiger partial charge is 0.310 e. The van der Waals surface area contributed by atoms with Crippen molar-refractivity contribution in [3.63, 3.8) is 0 Å². The van der Waals surface area contributed by atoms with E-state index in [4.69, 9.17) is 40.1 Å². The Morgan fingerprint density at radius 2 is 2.05 bits per heavy atom. The van der Waals surface area contributed by atoms with Crippen LogP contribution < -0.4 is 5.32 Å². The van der Waals surface area contributed by atoms with Crippen LogP contribution in [0.5, 0.6) is 0 Å². The van der Waals surface area contributed by atoms with Gasteiger partial charge in [-0.2, -0.15) is 10.4 Å². The van der Waals surface area contributed by atoms with E-state index in [1.807, 2.05) is 6.07 Å². The third kappa shape index (κ3) is 2.84. The number of anilines is 1. The van der Waals surface area contributed by atoms with Crippen molar-refractivity contribution >= 4 is 46.5 Å². The Kier molecular flexibility index (Phi) is 4.43. The Morgan fingerprint density at radius 3 is 2.62 bits per heavy atom. The lowest BCUT2D eigenvalue weighted by atomic mass is 10.2. The topological polar surface area (TPSA) is 70.7 Å². The monoisotopic (exact) mass is 342 g/mol. The van der Waals surface area contributed by atoms with Gasteiger partial charge >= 0.3 is 0 Å². The van der Waals surface area contributed by atoms with Crippen LogP contribution in [0.4, 0.5) is 5.82 Å². The number of aromatic nitrogens is 2. The summed E-state index contributed by atoms with van der Waals surface area (Å²) >= 11 is 18.5. The molecule has 0 fully saturated rings. The molecule has 0 radical (unpaired) electrons. The number of rotatable bonds is 2. The molecule has 0 aliphatic rings. The molecule has 21 heavy (non-hydrogen) atoms. The standard InChI is InChI=1S/C13H9Cl3N4O/c1-6-3-9(14)12(11(16)10(6)15)20-13(19-7(2)21)8(4-17)5-18-20/h3,5H,1-2H3,(H,19,21). The number of carbonyl (C=O) groups is 1. The summed E-state index contributed by atoms with van der Waals surface area (Å²) in [5, 5.41) is 16.5. The molecule has 0 atom stereocenters. The summed E-state index contributed by atoms with van der Waals surface area (Å²) in [5.74, 6) is -0.160. The molecule has 5 nitrogen and oxygen atoms in total. The average Bonchev–Trinajstić information content (AvgIpc) is 2.78. The van der Waals surface area contributed by atoms with E-state index >= 15 is 0 Å². The zero-order chi connectivity index (χ0) is 15.7. The Bertz CT molecular complexity index is 777. The van der Waals surface area contributed by atoms with E-state index in [2.05, 4.69) is 10.4 Å². The molecule has 2 rings (SSSR count). The Hall–Kier alpha value is -1.74. The molecule has 108 valence electrons. The Labute approximate surface area is 136 Å². The fourth-order valence-electron chi connectivity index (χ4n) is 1.78. The minimum absolute atomic E-state index is 0.189. The van der Waals surface area contributed by atoms with Crippen LogP contribution in [0, 0.1) is 18.3 Å². The molecule has 2 aromatic rings. The molecule has 0 bridgehead atoms. The molecule has 0 unspecified atom stereocenters. The smallest absolute Gasteiger partial charge is 0.222 e. The zero-order valence-corrected chi connectivity index (χ0v) is 13.3. The van der Waals surface area contributed by atoms with E-state index in [9.17, 15) is 4.79 Å². The van der Waals surface area contributed by atoms with E-state index < -0.39 is 0 Å². The Balaban J connectivity index is 2.74. The highest BCUT2D eigenvalue weighted by atomic mass is 35.5. The third-order valence-electron chi connectivity index (χ3n) is 2.71. The quantitative estimate of drug-likeness (QED) is 0.839. The SMILES string of the molecule is CC(=O)Nc1c(C#N)cnn1-c1c(Cl)cc(C)c(Cl)c1Cl. The summed E-state index contributed by atoms with van der Waals surface area (Å²) in [4.78, 5) is 11.3. The molecular formula is C13H9Cl3N4O. The molecule has 1 N–H and O–H groups in total. The van der Waals surface area contributed by atoms with Gasteiger partial charge in [-0.05, 0) is 18.6 Å². The highest BCUT2D eigenvalue weighted by Gasteiger charge is 2.20. The minimum Gasteiger partial charge on any atom is -0.310 e. The van der Waals surface area contributed by atoms with Crippen molar-refractivity contribution < 1.29 is 4.79 Å². The van der Waals surface area contributed by atoms with Gasteiger partial charge in [0, 0.05) is 6.92 Å². The average molecular weight is 344 g/mol. The maximum atomic E-state index is 11.3. The minimum atomic E-state index is -0.348. The molecule has 1 amide bonds. The van der Waals surface area contributed by atoms with Crippen LogP contribution in [0.15, 0.2) is 12.3 Å². The van der Waals surface area contributed by atoms with E-state index in [0.717, 1.165) is 0 Å². The van der Waals surface area contributed by atoms with E-state index in [1.165, 1.54) is 17.8 Å². The lowest BCUT2D eigenvalue weighted by molar-refractivity contribution is -0.114. The normalized spacial score (nSPS) is 10.3. The van der Waals surface area contributed by atoms with Crippen molar-refractivity contribution in [3.8, 4) is 11.8 Å². The molecule has 0 saturated heterocycles. The van der Waals surface area contributed by atoms with Crippen LogP contribution in [0.2, 0.25) is 15.1 Å². The van der Waals surface area contributed by atoms with Gasteiger partial charge in [-0.1, -0.05) is 34.8 Å². The summed E-state index contributed by atoms with van der Waals surface area (Å²) in [7, 11) is 0. The molecule has 1 aromatic heterocycles. The van der Waals surface area contributed by atoms with Gasteiger partial charge in [-0.15, -0.1) is 0 Å². The number of benzene rings is 1. The first kappa shape index (κ1) is 15.6. The van der Waals surface area contributed by atoms with Gasteiger partial charge in [0.15, 0.2) is 5.82 Å². The van der Waals surface area contributed by atoms with Crippen molar-refractivity contribution in [1.82, 2.24) is 9.78 Å². The first-order chi connectivity index (χ1) is 9.86. The van der Waals surface area contributed by atoms with Gasteiger partial charge < -0.3 is 5.32 Å². The zero-order valence-electron chi connectivity index (χ0n) is 11.0. The van der Waals surface area contributed by atoms with Crippen LogP contribution in [0.3, 0.4) is 0 Å². The van der Waals surface area contributed by atoms with Crippen LogP contribution in [-0.2, 0) is 4.79 Å². The van der Waals surface area contributed by atoms with Gasteiger partial charge in [0.05, 0.1) is 21.3 Å². The number of carbonyl (C=O) groups excluding carboxylic acids is 1. The van der Waals surface area contributed by atoms with Crippen LogP contribution in [-0.4, -0.2) is 15.7 Å². The summed E-state index contributed by atoms with van der Waals surface area (Å²) in [6, 6.07) is 3.57. The van der Waals surface area contributed by atoms with Crippen molar-refractivity contribution in [2.75, 3.05) is 5.32 Å². The number of hydrogen-bond acceptors (Lipinski definition) is 3. The molecule has 0 spiro atoms. The molecule has 0 saturated carbocycles. The Morgan fingerprint density at radius 1 is 1.38 bits per heavy atom. The van der Waals surface area contributed by atoms with Crippen LogP contribution >= 0.6 is 34.8 Å². The summed E-state index contributed by atoms with van der Waals surface area (Å²) in [6.07, 6.45) is 1.31. The summed E-state index contributed by atoms with van der Waals surface area (Å²) in [6.45, 7) is 3.09. The predicted octanol–water partition coefficient (Wildman–Crippen LogP) is 3.97. The highest BCUT2D eigenvalue weighted by molar-refractivity contribution is 6.45. The van der Waals surface area contributed by atoms with Gasteiger partial charge in [-0.3, -0.25) is 4.79 Å². The van der Waals surface area contributed by atoms with Gasteiger partial charge in [0.1, 0.15) is 17.3 Å². The van der Waals surface area contributed by atoms with Crippen molar-refractivity contribution in [2.24, 2.45) is 0 Å². The second-order valence-corrected chi connectivity index (χ2v) is 5.43. The lowest BCUT2D eigenvalue weighted by Gasteiger charge is -2.13. The van der Waals surface area contributed by atoms with Gasteiger partial charge in [0.25, 0.3) is 0 Å². The molecule has 0 aliphatic carbocycles. The van der Waals surface area contributed by atoms with E-state index in [0.29, 0.717) is 21.3 Å². The lowest BCUT2D eigenvalue weighted by Crippen LogP contribution is -2.12. The van der Waals surface area contributed by atoms with E-state index in [1.54, 1.807) is 13.0 Å². The van der Waals surface area contributed by atoms with Crippen LogP contribution in [0.25, 0.3) is 5.69 Å². The maximum absolute atomic E-state index is 11.3. The number of nitrogens with zero attached hydrogens (tertiary/aromatic N) is 3. The molecule has 0 aliphatic heterocycles. The second-order valence-electron chi connectivity index (χ2n) is 4.26. The number of amides is 1. The number of nitriles is 1. The number of aryl methyl sites for hydroxylation is 1. The summed E-state index contributed by atoms with van der Waals surface area (Å²) < 4.78 is 1.29.